The summed E-state index contributed by atoms with van der Waals surface area (Å²) < 4.78 is 33.0. The lowest BCUT2D eigenvalue weighted by Gasteiger charge is -2.38. The van der Waals surface area contributed by atoms with Crippen molar-refractivity contribution in [2.75, 3.05) is 18.0 Å². The maximum atomic E-state index is 15.6. The largest absolute Gasteiger partial charge is 0.473 e. The smallest absolute Gasteiger partial charge is 0.309 e. The van der Waals surface area contributed by atoms with Crippen LogP contribution in [0.15, 0.2) is 85.1 Å². The number of rotatable bonds is 10. The number of anilines is 1. The second kappa shape index (κ2) is 13.4. The monoisotopic (exact) mass is 599 g/mol. The van der Waals surface area contributed by atoms with E-state index >= 15 is 4.39 Å². The topological polar surface area (TPSA) is 94.0 Å². The molecule has 8 nitrogen and oxygen atoms in total. The molecule has 1 fully saturated rings. The molecule has 4 aromatic rings. The van der Waals surface area contributed by atoms with E-state index in [1.54, 1.807) is 44.0 Å². The number of benzene rings is 2. The van der Waals surface area contributed by atoms with Gasteiger partial charge in [-0.3, -0.25) is 4.79 Å². The number of piperidine rings is 1. The van der Waals surface area contributed by atoms with E-state index in [-0.39, 0.29) is 18.8 Å². The summed E-state index contributed by atoms with van der Waals surface area (Å²) in [6.45, 7) is 6.69. The number of halogens is 1. The molecule has 230 valence electrons. The number of esters is 1. The number of aliphatic hydroxyl groups is 1. The van der Waals surface area contributed by atoms with Crippen LogP contribution in [0.1, 0.15) is 51.2 Å². The van der Waals surface area contributed by atoms with Crippen LogP contribution in [0.3, 0.4) is 0 Å². The number of carbonyl (C=O) groups excluding carboxylic acids is 1. The van der Waals surface area contributed by atoms with Crippen molar-refractivity contribution in [3.8, 4) is 22.9 Å². The molecular weight excluding hydrogens is 561 g/mol. The molecule has 3 heterocycles. The zero-order chi connectivity index (χ0) is 31.2. The molecule has 2 aromatic heterocycles. The van der Waals surface area contributed by atoms with Crippen molar-refractivity contribution in [1.29, 1.82) is 0 Å². The first-order valence-corrected chi connectivity index (χ1v) is 14.8. The summed E-state index contributed by atoms with van der Waals surface area (Å²) in [5.74, 6) is -0.0666. The van der Waals surface area contributed by atoms with Crippen molar-refractivity contribution in [2.24, 2.45) is 0 Å². The second-order valence-corrected chi connectivity index (χ2v) is 12.1. The highest BCUT2D eigenvalue weighted by molar-refractivity contribution is 5.71. The molecule has 9 heteroatoms. The predicted octanol–water partition coefficient (Wildman–Crippen LogP) is 6.50. The fraction of sp³-hybridized carbons (Fsp3) is 0.343. The minimum Gasteiger partial charge on any atom is -0.473 e. The van der Waals surface area contributed by atoms with Crippen LogP contribution in [0.5, 0.6) is 11.8 Å². The zero-order valence-corrected chi connectivity index (χ0v) is 25.3. The second-order valence-electron chi connectivity index (χ2n) is 12.1. The van der Waals surface area contributed by atoms with Crippen molar-refractivity contribution < 1.29 is 28.5 Å². The van der Waals surface area contributed by atoms with E-state index in [4.69, 9.17) is 14.2 Å². The van der Waals surface area contributed by atoms with Crippen LogP contribution < -0.4 is 14.4 Å². The molecule has 1 saturated heterocycles. The molecule has 0 radical (unpaired) electrons. The Kier molecular flexibility index (Phi) is 9.44. The first-order valence-electron chi connectivity index (χ1n) is 14.8. The van der Waals surface area contributed by atoms with Gasteiger partial charge in [-0.05, 0) is 56.9 Å². The third kappa shape index (κ3) is 8.32. The summed E-state index contributed by atoms with van der Waals surface area (Å²) in [4.78, 5) is 23.2. The van der Waals surface area contributed by atoms with Gasteiger partial charge >= 0.3 is 5.97 Å². The highest BCUT2D eigenvalue weighted by Crippen LogP contribution is 2.35. The van der Waals surface area contributed by atoms with Gasteiger partial charge in [0.15, 0.2) is 11.6 Å². The summed E-state index contributed by atoms with van der Waals surface area (Å²) in [5.41, 5.74) is 1.24. The average molecular weight is 600 g/mol. The number of nitrogens with zero attached hydrogens (tertiary/aromatic N) is 3. The van der Waals surface area contributed by atoms with Gasteiger partial charge in [-0.2, -0.15) is 4.98 Å². The first kappa shape index (κ1) is 30.9. The SMILES string of the molecule is CC(C)(C)OC(=O)CC1(O)CCN(c2ncc(-c3ccc(OCc4ccccc4)nc3OCc3ccccc3)cc2F)CC1. The van der Waals surface area contributed by atoms with Crippen LogP contribution >= 0.6 is 0 Å². The molecule has 1 aliphatic rings. The van der Waals surface area contributed by atoms with Gasteiger partial charge in [0.05, 0.1) is 12.0 Å². The summed E-state index contributed by atoms with van der Waals surface area (Å²) >= 11 is 0. The summed E-state index contributed by atoms with van der Waals surface area (Å²) in [6.07, 6.45) is 2.08. The van der Waals surface area contributed by atoms with Gasteiger partial charge in [-0.1, -0.05) is 60.7 Å². The summed E-state index contributed by atoms with van der Waals surface area (Å²) in [5, 5.41) is 11.0. The normalized spacial score (nSPS) is 14.6. The van der Waals surface area contributed by atoms with Crippen molar-refractivity contribution >= 4 is 11.8 Å². The van der Waals surface area contributed by atoms with Gasteiger partial charge in [-0.25, -0.2) is 9.37 Å². The number of carbonyl (C=O) groups is 1. The molecule has 0 aliphatic carbocycles. The summed E-state index contributed by atoms with van der Waals surface area (Å²) in [7, 11) is 0. The fourth-order valence-corrected chi connectivity index (χ4v) is 5.06. The van der Waals surface area contributed by atoms with E-state index < -0.39 is 23.0 Å². The van der Waals surface area contributed by atoms with E-state index in [1.165, 1.54) is 6.07 Å². The minimum absolute atomic E-state index is 0.100. The predicted molar refractivity (Wildman–Crippen MR) is 166 cm³/mol. The Labute approximate surface area is 257 Å². The number of hydrogen-bond acceptors (Lipinski definition) is 8. The molecule has 44 heavy (non-hydrogen) atoms. The quantitative estimate of drug-likeness (QED) is 0.207. The standard InChI is InChI=1S/C35H38FN3O5/c1-34(2,3)44-31(40)21-35(41)16-18-39(19-17-35)32-29(36)20-27(22-37-32)28-14-15-30(42-23-25-10-6-4-7-11-25)38-33(28)43-24-26-12-8-5-9-13-26/h4-15,20,22,41H,16-19,21,23-24H2,1-3H3. The van der Waals surface area contributed by atoms with Gasteiger partial charge in [0.25, 0.3) is 0 Å². The van der Waals surface area contributed by atoms with Crippen LogP contribution in [0.4, 0.5) is 10.2 Å². The Hall–Kier alpha value is -4.50. The zero-order valence-electron chi connectivity index (χ0n) is 25.3. The van der Waals surface area contributed by atoms with E-state index in [1.807, 2.05) is 60.7 Å². The molecule has 2 aromatic carbocycles. The maximum absolute atomic E-state index is 15.6. The first-order chi connectivity index (χ1) is 21.1. The third-order valence-electron chi connectivity index (χ3n) is 7.30. The van der Waals surface area contributed by atoms with Gasteiger partial charge in [0, 0.05) is 36.5 Å². The van der Waals surface area contributed by atoms with Crippen LogP contribution in [0.2, 0.25) is 0 Å². The molecule has 0 saturated carbocycles. The van der Waals surface area contributed by atoms with Crippen molar-refractivity contribution in [3.05, 3.63) is 102 Å². The lowest BCUT2D eigenvalue weighted by Crippen LogP contribution is -2.46. The Morgan fingerprint density at radius 3 is 2.14 bits per heavy atom. The van der Waals surface area contributed by atoms with Gasteiger partial charge < -0.3 is 24.2 Å². The van der Waals surface area contributed by atoms with Crippen LogP contribution in [0.25, 0.3) is 11.1 Å². The van der Waals surface area contributed by atoms with Crippen LogP contribution in [0, 0.1) is 5.82 Å². The molecule has 1 aliphatic heterocycles. The number of ether oxygens (including phenoxy) is 3. The Bertz CT molecular complexity index is 1550. The third-order valence-corrected chi connectivity index (χ3v) is 7.30. The molecule has 0 unspecified atom stereocenters. The Balaban J connectivity index is 1.31. The number of hydrogen-bond donors (Lipinski definition) is 1. The molecule has 5 rings (SSSR count). The van der Waals surface area contributed by atoms with Crippen molar-refractivity contribution in [3.63, 3.8) is 0 Å². The highest BCUT2D eigenvalue weighted by atomic mass is 19.1. The van der Waals surface area contributed by atoms with Crippen LogP contribution in [-0.4, -0.2) is 45.3 Å². The number of aromatic nitrogens is 2. The van der Waals surface area contributed by atoms with Gasteiger partial charge in [0.2, 0.25) is 11.8 Å². The highest BCUT2D eigenvalue weighted by Gasteiger charge is 2.37. The molecule has 0 spiro atoms. The lowest BCUT2D eigenvalue weighted by atomic mass is 9.88. The van der Waals surface area contributed by atoms with E-state index in [2.05, 4.69) is 9.97 Å². The Morgan fingerprint density at radius 1 is 0.932 bits per heavy atom. The molecule has 1 N–H and O–H groups in total. The maximum Gasteiger partial charge on any atom is 0.309 e. The minimum atomic E-state index is -1.20. The molecule has 0 atom stereocenters. The fourth-order valence-electron chi connectivity index (χ4n) is 5.06. The van der Waals surface area contributed by atoms with Gasteiger partial charge in [0.1, 0.15) is 18.8 Å². The number of pyridine rings is 2. The van der Waals surface area contributed by atoms with E-state index in [0.29, 0.717) is 55.4 Å². The van der Waals surface area contributed by atoms with Crippen molar-refractivity contribution in [1.82, 2.24) is 9.97 Å². The van der Waals surface area contributed by atoms with E-state index in [9.17, 15) is 9.90 Å². The summed E-state index contributed by atoms with van der Waals surface area (Å²) in [6, 6.07) is 24.4. The van der Waals surface area contributed by atoms with Crippen molar-refractivity contribution in [2.45, 2.75) is 64.4 Å². The lowest BCUT2D eigenvalue weighted by molar-refractivity contribution is -0.161. The van der Waals surface area contributed by atoms with Gasteiger partial charge in [-0.15, -0.1) is 0 Å². The van der Waals surface area contributed by atoms with E-state index in [0.717, 1.165) is 11.1 Å². The molecular formula is C35H38FN3O5. The van der Waals surface area contributed by atoms with Crippen LogP contribution in [-0.2, 0) is 22.7 Å². The Morgan fingerprint density at radius 2 is 1.55 bits per heavy atom. The molecule has 0 bridgehead atoms. The molecule has 0 amide bonds. The average Bonchev–Trinajstić information content (AvgIpc) is 2.99.